The zero-order valence-corrected chi connectivity index (χ0v) is 33.2. The minimum Gasteiger partial charge on any atom is -0.444 e. The number of halogens is 3. The summed E-state index contributed by atoms with van der Waals surface area (Å²) in [6, 6.07) is 5.34. The fraction of sp³-hybridized carbons (Fsp3) is 0.538. The van der Waals surface area contributed by atoms with Crippen molar-refractivity contribution in [1.82, 2.24) is 34.4 Å². The summed E-state index contributed by atoms with van der Waals surface area (Å²) >= 11 is 0. The Morgan fingerprint density at radius 1 is 0.982 bits per heavy atom. The van der Waals surface area contributed by atoms with E-state index >= 15 is 0 Å². The highest BCUT2D eigenvalue weighted by Gasteiger charge is 2.42. The SMILES string of the molecule is CCc1cc(Nc2nccn3c(-c4cn(C(=O)OC(C)(C)C)nc4C(F)(F)F)cnc23)ccc1C(=O)NCC1CC[N+](C)(CC2CN(C(=O)OC(C)(C)C)C2)C1. The minimum atomic E-state index is -4.87. The van der Waals surface area contributed by atoms with Crippen LogP contribution in [0, 0.1) is 11.8 Å². The number of fused-ring (bicyclic) bond motifs is 1. The van der Waals surface area contributed by atoms with Gasteiger partial charge in [0.05, 0.1) is 44.1 Å². The predicted octanol–water partition coefficient (Wildman–Crippen LogP) is 6.76. The van der Waals surface area contributed by atoms with Crippen LogP contribution in [0.3, 0.4) is 0 Å². The van der Waals surface area contributed by atoms with Gasteiger partial charge in [0.1, 0.15) is 11.2 Å². The first-order valence-corrected chi connectivity index (χ1v) is 18.8. The highest BCUT2D eigenvalue weighted by atomic mass is 19.4. The lowest BCUT2D eigenvalue weighted by Gasteiger charge is -2.43. The largest absolute Gasteiger partial charge is 0.444 e. The average Bonchev–Trinajstić information content (AvgIpc) is 3.81. The zero-order valence-electron chi connectivity index (χ0n) is 33.2. The van der Waals surface area contributed by atoms with Crippen LogP contribution < -0.4 is 10.6 Å². The highest BCUT2D eigenvalue weighted by molar-refractivity contribution is 5.96. The number of benzene rings is 1. The summed E-state index contributed by atoms with van der Waals surface area (Å²) in [5, 5.41) is 9.88. The van der Waals surface area contributed by atoms with E-state index in [4.69, 9.17) is 9.47 Å². The molecule has 302 valence electrons. The van der Waals surface area contributed by atoms with E-state index in [1.807, 2.05) is 33.8 Å². The molecule has 2 fully saturated rings. The van der Waals surface area contributed by atoms with Gasteiger partial charge >= 0.3 is 18.4 Å². The van der Waals surface area contributed by atoms with Crippen LogP contribution in [0.2, 0.25) is 0 Å². The zero-order chi connectivity index (χ0) is 40.8. The number of carbonyl (C=O) groups excluding carboxylic acids is 3. The van der Waals surface area contributed by atoms with E-state index in [-0.39, 0.29) is 34.7 Å². The molecule has 0 aliphatic carbocycles. The van der Waals surface area contributed by atoms with Gasteiger partial charge in [-0.3, -0.25) is 9.20 Å². The third kappa shape index (κ3) is 9.25. The molecule has 0 radical (unpaired) electrons. The standard InChI is InChI=1S/C39H50F3N9O5/c1-9-26-16-27(10-11-28(26)34(52)45-17-24-12-15-51(8,22-24)23-25-19-48(20-25)35(53)55-37(2,3)4)46-32-33-44-18-30(49(33)14-13-43-32)29-21-50(36(54)56-38(5,6)7)47-31(29)39(40,41)42/h10-11,13-14,16,18,21,24-25H,9,12,15,17,19-20,22-23H2,1-8H3,(H-,43,45,46,52)/p+1. The van der Waals surface area contributed by atoms with Gasteiger partial charge in [0.15, 0.2) is 17.2 Å². The van der Waals surface area contributed by atoms with Crippen LogP contribution in [0.15, 0.2) is 43.0 Å². The lowest BCUT2D eigenvalue weighted by molar-refractivity contribution is -0.902. The number of nitrogens with one attached hydrogen (secondary N) is 2. The number of imidazole rings is 1. The summed E-state index contributed by atoms with van der Waals surface area (Å²) in [6.07, 6.45) is 0.532. The average molecular weight is 783 g/mol. The smallest absolute Gasteiger partial charge is 0.435 e. The molecule has 2 aliphatic heterocycles. The molecule has 5 heterocycles. The van der Waals surface area contributed by atoms with Crippen molar-refractivity contribution < 1.29 is 41.5 Å². The number of alkyl halides is 3. The van der Waals surface area contributed by atoms with Crippen LogP contribution in [0.25, 0.3) is 16.9 Å². The van der Waals surface area contributed by atoms with Crippen molar-refractivity contribution in [2.45, 2.75) is 78.7 Å². The topological polar surface area (TPSA) is 145 Å². The third-order valence-corrected chi connectivity index (χ3v) is 9.90. The van der Waals surface area contributed by atoms with Gasteiger partial charge in [0, 0.05) is 67.7 Å². The number of hydrogen-bond donors (Lipinski definition) is 2. The van der Waals surface area contributed by atoms with Gasteiger partial charge in [-0.25, -0.2) is 19.6 Å². The highest BCUT2D eigenvalue weighted by Crippen LogP contribution is 2.37. The molecule has 1 aromatic carbocycles. The summed E-state index contributed by atoms with van der Waals surface area (Å²) in [6.45, 7) is 17.3. The maximum absolute atomic E-state index is 14.1. The molecule has 2 saturated heterocycles. The van der Waals surface area contributed by atoms with E-state index in [9.17, 15) is 27.6 Å². The van der Waals surface area contributed by atoms with Crippen LogP contribution in [-0.2, 0) is 22.1 Å². The first-order chi connectivity index (χ1) is 26.1. The molecule has 4 aromatic rings. The summed E-state index contributed by atoms with van der Waals surface area (Å²) in [5.41, 5.74) is -0.820. The van der Waals surface area contributed by atoms with Gasteiger partial charge in [-0.1, -0.05) is 6.92 Å². The van der Waals surface area contributed by atoms with Crippen LogP contribution in [0.1, 0.15) is 76.5 Å². The number of amides is 2. The monoisotopic (exact) mass is 782 g/mol. The molecule has 2 aliphatic rings. The molecule has 0 spiro atoms. The second-order valence-corrected chi connectivity index (χ2v) is 17.1. The Balaban J connectivity index is 1.09. The van der Waals surface area contributed by atoms with E-state index < -0.39 is 29.2 Å². The van der Waals surface area contributed by atoms with Crippen molar-refractivity contribution in [3.05, 3.63) is 59.8 Å². The fourth-order valence-electron chi connectivity index (χ4n) is 7.45. The van der Waals surface area contributed by atoms with Gasteiger partial charge in [-0.15, -0.1) is 0 Å². The normalized spacial score (nSPS) is 19.2. The van der Waals surface area contributed by atoms with Crippen LogP contribution >= 0.6 is 0 Å². The Morgan fingerprint density at radius 3 is 2.34 bits per heavy atom. The summed E-state index contributed by atoms with van der Waals surface area (Å²) in [5.74, 6) is 0.873. The number of aryl methyl sites for hydroxylation is 1. The Morgan fingerprint density at radius 2 is 1.68 bits per heavy atom. The Bertz CT molecular complexity index is 2110. The van der Waals surface area contributed by atoms with Crippen LogP contribution in [0.4, 0.5) is 34.3 Å². The molecule has 2 atom stereocenters. The summed E-state index contributed by atoms with van der Waals surface area (Å²) < 4.78 is 56.0. The minimum absolute atomic E-state index is 0.0445. The molecule has 17 heteroatoms. The molecule has 2 unspecified atom stereocenters. The summed E-state index contributed by atoms with van der Waals surface area (Å²) in [7, 11) is 2.25. The number of carbonyl (C=O) groups is 3. The van der Waals surface area contributed by atoms with Crippen molar-refractivity contribution in [2.75, 3.05) is 51.6 Å². The number of nitrogens with zero attached hydrogens (tertiary/aromatic N) is 7. The lowest BCUT2D eigenvalue weighted by Crippen LogP contribution is -2.58. The number of aromatic nitrogens is 5. The molecular weight excluding hydrogens is 731 g/mol. The van der Waals surface area contributed by atoms with E-state index in [1.165, 1.54) is 23.0 Å². The Kier molecular flexibility index (Phi) is 10.9. The predicted molar refractivity (Wildman–Crippen MR) is 202 cm³/mol. The first kappa shape index (κ1) is 40.5. The number of quaternary nitrogens is 1. The number of likely N-dealkylation sites (tertiary alicyclic amines) is 2. The third-order valence-electron chi connectivity index (χ3n) is 9.90. The van der Waals surface area contributed by atoms with E-state index in [2.05, 4.69) is 32.7 Å². The number of anilines is 2. The fourth-order valence-corrected chi connectivity index (χ4v) is 7.45. The second-order valence-electron chi connectivity index (χ2n) is 17.1. The van der Waals surface area contributed by atoms with Crippen LogP contribution in [0.5, 0.6) is 0 Å². The van der Waals surface area contributed by atoms with Crippen molar-refractivity contribution in [1.29, 1.82) is 0 Å². The molecular formula is C39H51F3N9O5+. The van der Waals surface area contributed by atoms with Crippen molar-refractivity contribution in [3.63, 3.8) is 0 Å². The molecule has 14 nitrogen and oxygen atoms in total. The Hall–Kier alpha value is -5.19. The molecule has 2 N–H and O–H groups in total. The van der Waals surface area contributed by atoms with Gasteiger partial charge in [0.2, 0.25) is 0 Å². The molecule has 0 bridgehead atoms. The van der Waals surface area contributed by atoms with Crippen molar-refractivity contribution in [3.8, 4) is 11.3 Å². The van der Waals surface area contributed by atoms with Gasteiger partial charge in [0.25, 0.3) is 5.91 Å². The molecule has 56 heavy (non-hydrogen) atoms. The molecule has 0 saturated carbocycles. The number of rotatable bonds is 9. The number of hydrogen-bond acceptors (Lipinski definition) is 9. The molecule has 6 rings (SSSR count). The van der Waals surface area contributed by atoms with E-state index in [1.54, 1.807) is 37.8 Å². The van der Waals surface area contributed by atoms with Crippen molar-refractivity contribution in [2.24, 2.45) is 11.8 Å². The second kappa shape index (κ2) is 15.0. The molecule has 2 amide bonds. The lowest BCUT2D eigenvalue weighted by atomic mass is 9.99. The summed E-state index contributed by atoms with van der Waals surface area (Å²) in [4.78, 5) is 48.9. The van der Waals surface area contributed by atoms with Crippen molar-refractivity contribution >= 4 is 35.2 Å². The maximum atomic E-state index is 14.1. The van der Waals surface area contributed by atoms with Gasteiger partial charge in [-0.2, -0.15) is 23.0 Å². The van der Waals surface area contributed by atoms with E-state index in [0.717, 1.165) is 42.3 Å². The molecule has 3 aromatic heterocycles. The van der Waals surface area contributed by atoms with Gasteiger partial charge < -0.3 is 29.5 Å². The number of ether oxygens (including phenoxy) is 2. The van der Waals surface area contributed by atoms with Gasteiger partial charge in [-0.05, 0) is 71.7 Å². The van der Waals surface area contributed by atoms with Crippen LogP contribution in [-0.4, -0.2) is 109 Å². The maximum Gasteiger partial charge on any atom is 0.435 e. The quantitative estimate of drug-likeness (QED) is 0.176. The first-order valence-electron chi connectivity index (χ1n) is 18.8. The Labute approximate surface area is 323 Å². The van der Waals surface area contributed by atoms with E-state index in [0.29, 0.717) is 53.8 Å².